The second-order valence-electron chi connectivity index (χ2n) is 18.8. The molecule has 0 aliphatic carbocycles. The third-order valence-corrected chi connectivity index (χ3v) is 11.6. The molecule has 324 valence electrons. The second kappa shape index (κ2) is 17.5. The maximum atomic E-state index is 12.0. The summed E-state index contributed by atoms with van der Waals surface area (Å²) in [4.78, 5) is 9.86. The molecular weight excluding hydrogens is 950 g/mol. The number of hydrogen-bond acceptors (Lipinski definition) is 3. The number of aromatic nitrogens is 3. The molecule has 5 heteroatoms. The summed E-state index contributed by atoms with van der Waals surface area (Å²) in [5.74, 6) is -1.21. The molecule has 4 nitrogen and oxygen atoms in total. The standard InChI is InChI=1S/C58H60N3O.Pt/c1-35(2)42-27-43(36(3)4)29-44(28-42)40-21-22-52(37(5)25-40)61-53-20-16-19-49(54(53)60-56(61)50-34-47(57(7,8)9)26-38(6)55(50)62)45-30-46(32-48(31-45)58(10,11)12)51-33-41(23-24-59-51)39-17-14-13-15-18-39;/h13-29,31-36,62H,1-12H3;/q-1;/i13D,14D,15D,17D,18D,23D,24D,33D,35D,36D;. The second-order valence-corrected chi connectivity index (χ2v) is 18.8. The molecule has 2 aromatic heterocycles. The number of rotatable bonds is 8. The van der Waals surface area contributed by atoms with Gasteiger partial charge < -0.3 is 5.11 Å². The molecule has 0 bridgehead atoms. The Morgan fingerprint density at radius 1 is 0.667 bits per heavy atom. The quantitative estimate of drug-likeness (QED) is 0.154. The molecule has 6 aromatic carbocycles. The topological polar surface area (TPSA) is 50.9 Å². The van der Waals surface area contributed by atoms with Gasteiger partial charge in [-0.15, -0.1) is 29.3 Å². The number of pyridine rings is 1. The molecular formula is C58H60N3OPt-. The Morgan fingerprint density at radius 3 is 1.95 bits per heavy atom. The van der Waals surface area contributed by atoms with E-state index in [1.54, 1.807) is 0 Å². The number of fused-ring (bicyclic) bond motifs is 1. The summed E-state index contributed by atoms with van der Waals surface area (Å²) in [5, 5.41) is 12.0. The van der Waals surface area contributed by atoms with Crippen molar-refractivity contribution < 1.29 is 39.9 Å². The predicted octanol–water partition coefficient (Wildman–Crippen LogP) is 15.7. The molecule has 0 aliphatic rings. The van der Waals surface area contributed by atoms with E-state index in [-0.39, 0.29) is 55.1 Å². The average molecular weight is 1020 g/mol. The third-order valence-electron chi connectivity index (χ3n) is 11.6. The summed E-state index contributed by atoms with van der Waals surface area (Å²) in [6, 6.07) is 25.4. The molecule has 0 atom stereocenters. The monoisotopic (exact) mass is 1020 g/mol. The van der Waals surface area contributed by atoms with Crippen molar-refractivity contribution >= 4 is 11.0 Å². The van der Waals surface area contributed by atoms with Crippen molar-refractivity contribution in [2.24, 2.45) is 0 Å². The van der Waals surface area contributed by atoms with Crippen LogP contribution in [-0.2, 0) is 31.9 Å². The first-order valence-electron chi connectivity index (χ1n) is 26.1. The number of phenolic OH excluding ortho intramolecular Hbond substituents is 1. The van der Waals surface area contributed by atoms with Crippen molar-refractivity contribution in [1.82, 2.24) is 14.5 Å². The Hall–Kier alpha value is -5.57. The van der Waals surface area contributed by atoms with E-state index < -0.39 is 59.6 Å². The molecule has 1 N–H and O–H groups in total. The van der Waals surface area contributed by atoms with Gasteiger partial charge in [-0.3, -0.25) is 9.55 Å². The van der Waals surface area contributed by atoms with E-state index in [0.29, 0.717) is 39.2 Å². The van der Waals surface area contributed by atoms with E-state index in [1.807, 2.05) is 135 Å². The van der Waals surface area contributed by atoms with Crippen molar-refractivity contribution in [1.29, 1.82) is 0 Å². The van der Waals surface area contributed by atoms with E-state index in [4.69, 9.17) is 17.3 Å². The summed E-state index contributed by atoms with van der Waals surface area (Å²) in [6.07, 6.45) is -0.535. The Morgan fingerprint density at radius 2 is 1.32 bits per heavy atom. The van der Waals surface area contributed by atoms with Crippen molar-refractivity contribution in [3.05, 3.63) is 167 Å². The van der Waals surface area contributed by atoms with Crippen LogP contribution in [0.2, 0.25) is 0 Å². The Labute approximate surface area is 403 Å². The molecule has 0 saturated carbocycles. The normalized spacial score (nSPS) is 14.6. The molecule has 8 aromatic rings. The van der Waals surface area contributed by atoms with E-state index in [2.05, 4.69) is 42.5 Å². The van der Waals surface area contributed by atoms with Crippen LogP contribution >= 0.6 is 0 Å². The van der Waals surface area contributed by atoms with Crippen molar-refractivity contribution in [2.75, 3.05) is 0 Å². The summed E-state index contributed by atoms with van der Waals surface area (Å²) in [6.45, 7) is 23.8. The fourth-order valence-electron chi connectivity index (χ4n) is 7.80. The maximum Gasteiger partial charge on any atom is 0.148 e. The number of hydrogen-bond donors (Lipinski definition) is 1. The molecule has 0 aliphatic heterocycles. The number of nitrogens with zero attached hydrogens (tertiary/aromatic N) is 3. The van der Waals surface area contributed by atoms with Gasteiger partial charge in [-0.2, -0.15) is 0 Å². The Kier molecular flexibility index (Phi) is 9.44. The van der Waals surface area contributed by atoms with Crippen LogP contribution in [0.3, 0.4) is 0 Å². The summed E-state index contributed by atoms with van der Waals surface area (Å²) in [5.41, 5.74) is 9.59. The zero-order valence-corrected chi connectivity index (χ0v) is 40.4. The van der Waals surface area contributed by atoms with Gasteiger partial charge in [-0.05, 0) is 117 Å². The molecule has 2 heterocycles. The molecule has 63 heavy (non-hydrogen) atoms. The zero-order valence-electron chi connectivity index (χ0n) is 48.1. The van der Waals surface area contributed by atoms with Gasteiger partial charge in [-0.25, -0.2) is 4.98 Å². The van der Waals surface area contributed by atoms with Gasteiger partial charge in [0.1, 0.15) is 11.6 Å². The van der Waals surface area contributed by atoms with Crippen molar-refractivity contribution in [2.45, 2.75) is 106 Å². The zero-order chi connectivity index (χ0) is 53.1. The van der Waals surface area contributed by atoms with Crippen LogP contribution in [0, 0.1) is 19.9 Å². The average Bonchev–Trinajstić information content (AvgIpc) is 3.68. The summed E-state index contributed by atoms with van der Waals surface area (Å²) < 4.78 is 89.3. The van der Waals surface area contributed by atoms with Gasteiger partial charge in [0, 0.05) is 35.7 Å². The van der Waals surface area contributed by atoms with Crippen LogP contribution in [0.5, 0.6) is 5.75 Å². The van der Waals surface area contributed by atoms with Gasteiger partial charge >= 0.3 is 0 Å². The molecule has 0 amide bonds. The maximum absolute atomic E-state index is 12.0. The largest absolute Gasteiger partial charge is 0.507 e. The first-order valence-corrected chi connectivity index (χ1v) is 21.1. The summed E-state index contributed by atoms with van der Waals surface area (Å²) >= 11 is 0. The fraction of sp³-hybridized carbons (Fsp3) is 0.276. The van der Waals surface area contributed by atoms with E-state index >= 15 is 0 Å². The van der Waals surface area contributed by atoms with E-state index in [0.717, 1.165) is 50.1 Å². The molecule has 0 spiro atoms. The molecule has 0 radical (unpaired) electrons. The van der Waals surface area contributed by atoms with Crippen LogP contribution in [0.1, 0.15) is 128 Å². The van der Waals surface area contributed by atoms with Gasteiger partial charge in [-0.1, -0.05) is 159 Å². The van der Waals surface area contributed by atoms with E-state index in [1.165, 1.54) is 0 Å². The van der Waals surface area contributed by atoms with E-state index in [9.17, 15) is 6.48 Å². The Balaban J connectivity index is 0.00000780. The first kappa shape index (κ1) is 33.9. The molecule has 0 unspecified atom stereocenters. The number of benzene rings is 6. The molecule has 0 fully saturated rings. The van der Waals surface area contributed by atoms with Gasteiger partial charge in [0.15, 0.2) is 0 Å². The molecule has 8 rings (SSSR count). The number of aryl methyl sites for hydroxylation is 2. The van der Waals surface area contributed by atoms with Crippen LogP contribution in [0.4, 0.5) is 0 Å². The SMILES string of the molecule is [2H]c1nc(-c2[c-]c(-c3cccc4c3nc(-c3cc(C(C)(C)C)cc(C)c3O)n4-c3ccc(-c4cc(C([2H])(C)C)cc(C([2H])(C)C)c4)cc3C)cc(C(C)(C)C)c2)c([2H])c(-c2c([2H])c([2H])c([2H])c([2H])c2[2H])c1[2H].[Pt]. The van der Waals surface area contributed by atoms with Crippen molar-refractivity contribution in [3.63, 3.8) is 0 Å². The smallest absolute Gasteiger partial charge is 0.148 e. The van der Waals surface area contributed by atoms with Gasteiger partial charge in [0.25, 0.3) is 0 Å². The molecule has 0 saturated heterocycles. The Bertz CT molecular complexity index is 3480. The van der Waals surface area contributed by atoms with Crippen LogP contribution in [0.25, 0.3) is 72.7 Å². The number of phenols is 1. The minimum Gasteiger partial charge on any atom is -0.507 e. The third kappa shape index (κ3) is 9.11. The minimum atomic E-state index is -0.895. The van der Waals surface area contributed by atoms with Crippen LogP contribution < -0.4 is 0 Å². The van der Waals surface area contributed by atoms with Crippen LogP contribution in [0.15, 0.2) is 127 Å². The number of imidazole rings is 1. The minimum absolute atomic E-state index is 0. The predicted molar refractivity (Wildman–Crippen MR) is 262 cm³/mol. The number of para-hydroxylation sites is 1. The van der Waals surface area contributed by atoms with Crippen LogP contribution in [-0.4, -0.2) is 19.6 Å². The van der Waals surface area contributed by atoms with Gasteiger partial charge in [0.05, 0.1) is 33.3 Å². The van der Waals surface area contributed by atoms with Crippen molar-refractivity contribution in [3.8, 4) is 67.5 Å². The van der Waals surface area contributed by atoms with Gasteiger partial charge in [0.2, 0.25) is 0 Å². The first-order chi connectivity index (χ1) is 33.3. The summed E-state index contributed by atoms with van der Waals surface area (Å²) in [7, 11) is 0. The fourth-order valence-corrected chi connectivity index (χ4v) is 7.80. The number of aromatic hydroxyl groups is 1.